The van der Waals surface area contributed by atoms with Gasteiger partial charge in [-0.05, 0) is 43.0 Å². The number of fused-ring (bicyclic) bond motifs is 1. The number of aryl methyl sites for hydroxylation is 1. The number of aromatic amines is 1. The molecule has 0 saturated heterocycles. The summed E-state index contributed by atoms with van der Waals surface area (Å²) in [7, 11) is 0. The van der Waals surface area contributed by atoms with E-state index in [1.165, 1.54) is 0 Å². The van der Waals surface area contributed by atoms with E-state index in [1.54, 1.807) is 6.07 Å². The van der Waals surface area contributed by atoms with Crippen molar-refractivity contribution in [1.82, 2.24) is 10.3 Å². The summed E-state index contributed by atoms with van der Waals surface area (Å²) in [6.07, 6.45) is 1.85. The average molecular weight is 336 g/mol. The molecule has 0 spiro atoms. The third kappa shape index (κ3) is 3.29. The summed E-state index contributed by atoms with van der Waals surface area (Å²) in [6, 6.07) is 5.53. The molecule has 2 aromatic rings. The van der Waals surface area contributed by atoms with Crippen LogP contribution in [0.1, 0.15) is 48.5 Å². The lowest BCUT2D eigenvalue weighted by molar-refractivity contribution is -0.101. The van der Waals surface area contributed by atoms with Gasteiger partial charge in [0.2, 0.25) is 5.92 Å². The number of rotatable bonds is 4. The zero-order valence-electron chi connectivity index (χ0n) is 13.7. The molecule has 1 aromatic carbocycles. The normalized spacial score (nSPS) is 19.3. The molecule has 1 fully saturated rings. The van der Waals surface area contributed by atoms with Gasteiger partial charge in [0, 0.05) is 42.0 Å². The van der Waals surface area contributed by atoms with Crippen LogP contribution in [0.4, 0.5) is 8.78 Å². The Labute approximate surface area is 139 Å². The minimum atomic E-state index is -2.70. The topological polar surface area (TPSA) is 65.1 Å². The van der Waals surface area contributed by atoms with Crippen molar-refractivity contribution >= 4 is 16.8 Å². The summed E-state index contributed by atoms with van der Waals surface area (Å²) in [6.45, 7) is 1.98. The second-order valence-electron chi connectivity index (χ2n) is 6.65. The number of halogens is 2. The molecule has 1 aliphatic rings. The van der Waals surface area contributed by atoms with Crippen LogP contribution in [-0.4, -0.2) is 34.1 Å². The predicted octanol–water partition coefficient (Wildman–Crippen LogP) is 3.40. The summed E-state index contributed by atoms with van der Waals surface area (Å²) in [5, 5.41) is 14.1. The minimum absolute atomic E-state index is 0.00222. The third-order valence-electron chi connectivity index (χ3n) is 4.93. The van der Waals surface area contributed by atoms with E-state index in [2.05, 4.69) is 10.3 Å². The van der Waals surface area contributed by atoms with Gasteiger partial charge in [-0.1, -0.05) is 6.92 Å². The Hall–Kier alpha value is -1.95. The summed E-state index contributed by atoms with van der Waals surface area (Å²) in [5.74, 6) is -2.98. The highest BCUT2D eigenvalue weighted by Crippen LogP contribution is 2.38. The number of H-pyrrole nitrogens is 1. The molecule has 3 N–H and O–H groups in total. The number of aliphatic hydroxyl groups is 1. The molecule has 6 heteroatoms. The first-order valence-corrected chi connectivity index (χ1v) is 8.31. The molecule has 1 aromatic heterocycles. The highest BCUT2D eigenvalue weighted by molar-refractivity contribution is 6.01. The van der Waals surface area contributed by atoms with Crippen molar-refractivity contribution in [3.63, 3.8) is 0 Å². The fourth-order valence-corrected chi connectivity index (χ4v) is 3.39. The molecule has 1 amide bonds. The molecular weight excluding hydrogens is 314 g/mol. The van der Waals surface area contributed by atoms with Crippen molar-refractivity contribution in [1.29, 1.82) is 0 Å². The van der Waals surface area contributed by atoms with Gasteiger partial charge >= 0.3 is 0 Å². The van der Waals surface area contributed by atoms with Crippen molar-refractivity contribution in [2.75, 3.05) is 6.54 Å². The van der Waals surface area contributed by atoms with Crippen LogP contribution in [0, 0.1) is 0 Å². The molecule has 0 bridgehead atoms. The van der Waals surface area contributed by atoms with Gasteiger partial charge in [0.25, 0.3) is 5.91 Å². The second-order valence-corrected chi connectivity index (χ2v) is 6.65. The van der Waals surface area contributed by atoms with Crippen LogP contribution in [0.25, 0.3) is 10.9 Å². The van der Waals surface area contributed by atoms with E-state index in [1.807, 2.05) is 25.3 Å². The maximum Gasteiger partial charge on any atom is 0.251 e. The quantitative estimate of drug-likeness (QED) is 0.801. The van der Waals surface area contributed by atoms with Gasteiger partial charge in [-0.15, -0.1) is 0 Å². The SMILES string of the molecule is CCc1c(C(=O)NCC2(O)CCC(F)(F)CC2)ccc2[nH]ccc12. The maximum atomic E-state index is 13.2. The van der Waals surface area contributed by atoms with Gasteiger partial charge in [0.05, 0.1) is 5.60 Å². The molecular formula is C18H22F2N2O2. The van der Waals surface area contributed by atoms with Gasteiger partial charge in [0.15, 0.2) is 0 Å². The number of hydrogen-bond acceptors (Lipinski definition) is 2. The highest BCUT2D eigenvalue weighted by atomic mass is 19.3. The summed E-state index contributed by atoms with van der Waals surface area (Å²) in [4.78, 5) is 15.6. The van der Waals surface area contributed by atoms with Crippen LogP contribution in [-0.2, 0) is 6.42 Å². The fraction of sp³-hybridized carbons (Fsp3) is 0.500. The molecule has 4 nitrogen and oxygen atoms in total. The lowest BCUT2D eigenvalue weighted by atomic mass is 9.82. The van der Waals surface area contributed by atoms with Gasteiger partial charge in [0.1, 0.15) is 0 Å². The van der Waals surface area contributed by atoms with Crippen molar-refractivity contribution in [3.05, 3.63) is 35.5 Å². The van der Waals surface area contributed by atoms with Crippen LogP contribution in [0.3, 0.4) is 0 Å². The fourth-order valence-electron chi connectivity index (χ4n) is 3.39. The van der Waals surface area contributed by atoms with Crippen molar-refractivity contribution in [2.24, 2.45) is 0 Å². The Kier molecular flexibility index (Phi) is 4.34. The molecule has 1 aliphatic carbocycles. The first kappa shape index (κ1) is 16.9. The summed E-state index contributed by atoms with van der Waals surface area (Å²) < 4.78 is 26.5. The number of hydrogen-bond donors (Lipinski definition) is 3. The zero-order chi connectivity index (χ0) is 17.4. The molecule has 0 radical (unpaired) electrons. The van der Waals surface area contributed by atoms with Gasteiger partial charge in [-0.25, -0.2) is 8.78 Å². The van der Waals surface area contributed by atoms with Crippen molar-refractivity contribution < 1.29 is 18.7 Å². The van der Waals surface area contributed by atoms with E-state index >= 15 is 0 Å². The standard InChI is InChI=1S/C18H22F2N2O2/c1-2-12-13-5-10-21-15(13)4-3-14(12)16(23)22-11-17(24)6-8-18(19,20)9-7-17/h3-5,10,21,24H,2,6-9,11H2,1H3,(H,22,23). The summed E-state index contributed by atoms with van der Waals surface area (Å²) >= 11 is 0. The Morgan fingerprint density at radius 2 is 1.96 bits per heavy atom. The number of carbonyl (C=O) groups excluding carboxylic acids is 1. The monoisotopic (exact) mass is 336 g/mol. The zero-order valence-corrected chi connectivity index (χ0v) is 13.7. The average Bonchev–Trinajstić information content (AvgIpc) is 3.03. The van der Waals surface area contributed by atoms with E-state index in [-0.39, 0.29) is 38.1 Å². The predicted molar refractivity (Wildman–Crippen MR) is 88.4 cm³/mol. The van der Waals surface area contributed by atoms with E-state index in [0.717, 1.165) is 16.5 Å². The van der Waals surface area contributed by atoms with Gasteiger partial charge < -0.3 is 15.4 Å². The van der Waals surface area contributed by atoms with E-state index in [9.17, 15) is 18.7 Å². The molecule has 1 saturated carbocycles. The van der Waals surface area contributed by atoms with Crippen LogP contribution in [0.2, 0.25) is 0 Å². The van der Waals surface area contributed by atoms with Crippen LogP contribution in [0.5, 0.6) is 0 Å². The first-order chi connectivity index (χ1) is 11.3. The minimum Gasteiger partial charge on any atom is -0.388 e. The number of aromatic nitrogens is 1. The second kappa shape index (κ2) is 6.16. The maximum absolute atomic E-state index is 13.2. The summed E-state index contributed by atoms with van der Waals surface area (Å²) in [5.41, 5.74) is 1.22. The number of benzene rings is 1. The number of amides is 1. The van der Waals surface area contributed by atoms with Crippen LogP contribution >= 0.6 is 0 Å². The molecule has 3 rings (SSSR count). The largest absolute Gasteiger partial charge is 0.388 e. The molecule has 130 valence electrons. The lowest BCUT2D eigenvalue weighted by Crippen LogP contribution is -2.47. The number of nitrogens with one attached hydrogen (secondary N) is 2. The first-order valence-electron chi connectivity index (χ1n) is 8.31. The van der Waals surface area contributed by atoms with Crippen LogP contribution in [0.15, 0.2) is 24.4 Å². The van der Waals surface area contributed by atoms with E-state index in [0.29, 0.717) is 12.0 Å². The smallest absolute Gasteiger partial charge is 0.251 e. The Morgan fingerprint density at radius 1 is 1.25 bits per heavy atom. The van der Waals surface area contributed by atoms with Crippen molar-refractivity contribution in [2.45, 2.75) is 50.6 Å². The molecule has 24 heavy (non-hydrogen) atoms. The van der Waals surface area contributed by atoms with Gasteiger partial charge in [-0.3, -0.25) is 4.79 Å². The van der Waals surface area contributed by atoms with Gasteiger partial charge in [-0.2, -0.15) is 0 Å². The highest BCUT2D eigenvalue weighted by Gasteiger charge is 2.42. The van der Waals surface area contributed by atoms with E-state index < -0.39 is 11.5 Å². The van der Waals surface area contributed by atoms with Crippen molar-refractivity contribution in [3.8, 4) is 0 Å². The molecule has 0 atom stereocenters. The van der Waals surface area contributed by atoms with Crippen LogP contribution < -0.4 is 5.32 Å². The lowest BCUT2D eigenvalue weighted by Gasteiger charge is -2.35. The third-order valence-corrected chi connectivity index (χ3v) is 4.93. The van der Waals surface area contributed by atoms with E-state index in [4.69, 9.17) is 0 Å². The molecule has 1 heterocycles. The molecule has 0 aliphatic heterocycles. The Balaban J connectivity index is 1.71. The number of alkyl halides is 2. The molecule has 0 unspecified atom stereocenters. The Morgan fingerprint density at radius 3 is 2.62 bits per heavy atom. The Bertz CT molecular complexity index is 745. The number of carbonyl (C=O) groups is 1.